The van der Waals surface area contributed by atoms with Gasteiger partial charge in [-0.3, -0.25) is 4.79 Å². The zero-order chi connectivity index (χ0) is 18.5. The zero-order valence-corrected chi connectivity index (χ0v) is 16.5. The fourth-order valence-electron chi connectivity index (χ4n) is 5.64. The first-order chi connectivity index (χ1) is 12.4. The summed E-state index contributed by atoms with van der Waals surface area (Å²) in [6, 6.07) is 0. The van der Waals surface area contributed by atoms with Crippen molar-refractivity contribution in [3.63, 3.8) is 0 Å². The van der Waals surface area contributed by atoms with E-state index in [2.05, 4.69) is 26.1 Å². The van der Waals surface area contributed by atoms with Gasteiger partial charge in [-0.25, -0.2) is 9.78 Å². The molecule has 0 aromatic carbocycles. The van der Waals surface area contributed by atoms with Crippen LogP contribution in [0, 0.1) is 23.7 Å². The number of ether oxygens (including phenoxy) is 2. The highest BCUT2D eigenvalue weighted by molar-refractivity contribution is 5.76. The van der Waals surface area contributed by atoms with E-state index < -0.39 is 17.7 Å². The molecule has 4 saturated heterocycles. The standard InChI is InChI=1S/C20H33NO5/c1-5-6-7-16(22)21-17-13(3)15-9-8-12(2)14-10-11-19(4)24-18(23-17)20(14,15)26-25-19/h12-15,17-18H,5-11H2,1-4H3,(H,21,22)/t12-,13-,14-,15?,17?,18?,19?,20?/m1/s1. The van der Waals surface area contributed by atoms with E-state index in [4.69, 9.17) is 19.2 Å². The lowest BCUT2D eigenvalue weighted by Gasteiger charge is -2.60. The molecule has 5 unspecified atom stereocenters. The highest BCUT2D eigenvalue weighted by Gasteiger charge is 2.69. The predicted molar refractivity (Wildman–Crippen MR) is 94.5 cm³/mol. The SMILES string of the molecule is CCCCC(=O)NC1OC2OC3(C)CC[C@@H]4[C@H](C)CCC([C@H]1C)C24OO3. The molecule has 1 N–H and O–H groups in total. The van der Waals surface area contributed by atoms with E-state index in [0.29, 0.717) is 18.3 Å². The van der Waals surface area contributed by atoms with E-state index in [1.807, 2.05) is 6.92 Å². The Morgan fingerprint density at radius 1 is 1.15 bits per heavy atom. The maximum absolute atomic E-state index is 12.3. The van der Waals surface area contributed by atoms with E-state index in [1.165, 1.54) is 6.42 Å². The lowest BCUT2D eigenvalue weighted by molar-refractivity contribution is -0.571. The summed E-state index contributed by atoms with van der Waals surface area (Å²) < 4.78 is 12.6. The van der Waals surface area contributed by atoms with Gasteiger partial charge in [-0.1, -0.05) is 27.2 Å². The minimum Gasteiger partial charge on any atom is -0.330 e. The molecule has 5 aliphatic rings. The lowest BCUT2D eigenvalue weighted by atomic mass is 9.58. The third kappa shape index (κ3) is 2.81. The highest BCUT2D eigenvalue weighted by Crippen LogP contribution is 2.60. The molecule has 6 heteroatoms. The van der Waals surface area contributed by atoms with Crippen LogP contribution in [0.3, 0.4) is 0 Å². The van der Waals surface area contributed by atoms with Crippen LogP contribution in [0.15, 0.2) is 0 Å². The quantitative estimate of drug-likeness (QED) is 0.771. The normalized spacial score (nSPS) is 50.0. The molecule has 4 aliphatic heterocycles. The van der Waals surface area contributed by atoms with Gasteiger partial charge < -0.3 is 14.8 Å². The molecule has 4 heterocycles. The molecule has 1 amide bonds. The second-order valence-corrected chi connectivity index (χ2v) is 9.00. The molecule has 6 nitrogen and oxygen atoms in total. The van der Waals surface area contributed by atoms with Gasteiger partial charge >= 0.3 is 0 Å². The molecule has 148 valence electrons. The molecule has 0 aromatic heterocycles. The van der Waals surface area contributed by atoms with Crippen LogP contribution < -0.4 is 5.32 Å². The third-order valence-electron chi connectivity index (χ3n) is 7.22. The zero-order valence-electron chi connectivity index (χ0n) is 16.5. The number of unbranched alkanes of at least 4 members (excludes halogenated alkanes) is 1. The number of carbonyl (C=O) groups is 1. The van der Waals surface area contributed by atoms with Crippen molar-refractivity contribution in [3.05, 3.63) is 0 Å². The van der Waals surface area contributed by atoms with Gasteiger partial charge in [0.2, 0.25) is 11.7 Å². The molecule has 1 saturated carbocycles. The summed E-state index contributed by atoms with van der Waals surface area (Å²) in [5.74, 6) is 0.600. The van der Waals surface area contributed by atoms with Crippen LogP contribution in [0.1, 0.15) is 72.6 Å². The largest absolute Gasteiger partial charge is 0.330 e. The van der Waals surface area contributed by atoms with E-state index in [0.717, 1.165) is 32.1 Å². The van der Waals surface area contributed by atoms with Crippen molar-refractivity contribution in [2.24, 2.45) is 23.7 Å². The first-order valence-corrected chi connectivity index (χ1v) is 10.4. The minimum absolute atomic E-state index is 0.0579. The number of carbonyl (C=O) groups excluding carboxylic acids is 1. The number of amides is 1. The number of hydrogen-bond acceptors (Lipinski definition) is 5. The van der Waals surface area contributed by atoms with Crippen molar-refractivity contribution in [1.82, 2.24) is 5.32 Å². The van der Waals surface area contributed by atoms with Crippen molar-refractivity contribution < 1.29 is 24.0 Å². The van der Waals surface area contributed by atoms with Crippen molar-refractivity contribution in [2.45, 2.75) is 96.5 Å². The Morgan fingerprint density at radius 3 is 2.73 bits per heavy atom. The Morgan fingerprint density at radius 2 is 1.96 bits per heavy atom. The van der Waals surface area contributed by atoms with Crippen LogP contribution in [0.2, 0.25) is 0 Å². The van der Waals surface area contributed by atoms with E-state index >= 15 is 0 Å². The van der Waals surface area contributed by atoms with Crippen molar-refractivity contribution in [1.29, 1.82) is 0 Å². The molecule has 8 atom stereocenters. The summed E-state index contributed by atoms with van der Waals surface area (Å²) in [5.41, 5.74) is -0.558. The van der Waals surface area contributed by atoms with Crippen molar-refractivity contribution in [3.8, 4) is 0 Å². The molecule has 26 heavy (non-hydrogen) atoms. The number of rotatable bonds is 4. The number of fused-ring (bicyclic) bond motifs is 2. The van der Waals surface area contributed by atoms with Gasteiger partial charge in [0, 0.05) is 24.7 Å². The predicted octanol–water partition coefficient (Wildman–Crippen LogP) is 3.50. The van der Waals surface area contributed by atoms with Crippen LogP contribution in [0.25, 0.3) is 0 Å². The van der Waals surface area contributed by atoms with Gasteiger partial charge in [-0.15, -0.1) is 0 Å². The second-order valence-electron chi connectivity index (χ2n) is 9.00. The Labute approximate surface area is 156 Å². The van der Waals surface area contributed by atoms with E-state index in [9.17, 15) is 4.79 Å². The smallest absolute Gasteiger partial charge is 0.221 e. The average molecular weight is 367 g/mol. The summed E-state index contributed by atoms with van der Waals surface area (Å²) in [4.78, 5) is 24.2. The van der Waals surface area contributed by atoms with Gasteiger partial charge in [0.1, 0.15) is 6.23 Å². The first kappa shape index (κ1) is 18.7. The van der Waals surface area contributed by atoms with Gasteiger partial charge in [0.15, 0.2) is 11.9 Å². The van der Waals surface area contributed by atoms with Crippen molar-refractivity contribution >= 4 is 5.91 Å². The molecule has 5 rings (SSSR count). The second kappa shape index (κ2) is 6.73. The summed E-state index contributed by atoms with van der Waals surface area (Å²) >= 11 is 0. The summed E-state index contributed by atoms with van der Waals surface area (Å²) in [6.45, 7) is 8.48. The monoisotopic (exact) mass is 367 g/mol. The number of nitrogens with one attached hydrogen (secondary N) is 1. The van der Waals surface area contributed by atoms with Crippen LogP contribution in [-0.2, 0) is 24.0 Å². The fraction of sp³-hybridized carbons (Fsp3) is 0.950. The summed E-state index contributed by atoms with van der Waals surface area (Å²) in [5, 5.41) is 3.10. The first-order valence-electron chi connectivity index (χ1n) is 10.4. The van der Waals surface area contributed by atoms with Crippen LogP contribution in [0.5, 0.6) is 0 Å². The van der Waals surface area contributed by atoms with Crippen LogP contribution in [0.4, 0.5) is 0 Å². The molecule has 2 bridgehead atoms. The molecular weight excluding hydrogens is 334 g/mol. The van der Waals surface area contributed by atoms with Crippen LogP contribution >= 0.6 is 0 Å². The average Bonchev–Trinajstić information content (AvgIpc) is 2.84. The molecule has 1 spiro atoms. The summed E-state index contributed by atoms with van der Waals surface area (Å²) in [6.07, 6.45) is 5.67. The fourth-order valence-corrected chi connectivity index (χ4v) is 5.64. The van der Waals surface area contributed by atoms with Gasteiger partial charge in [0.25, 0.3) is 0 Å². The molecular formula is C20H33NO5. The van der Waals surface area contributed by atoms with E-state index in [1.54, 1.807) is 0 Å². The summed E-state index contributed by atoms with van der Waals surface area (Å²) in [7, 11) is 0. The minimum atomic E-state index is -0.769. The highest BCUT2D eigenvalue weighted by atomic mass is 17.3. The maximum atomic E-state index is 12.3. The molecule has 0 radical (unpaired) electrons. The Bertz CT molecular complexity index is 556. The number of hydrogen-bond donors (Lipinski definition) is 1. The maximum Gasteiger partial charge on any atom is 0.221 e. The van der Waals surface area contributed by atoms with Crippen LogP contribution in [-0.4, -0.2) is 29.8 Å². The molecule has 1 aliphatic carbocycles. The van der Waals surface area contributed by atoms with Gasteiger partial charge in [-0.2, -0.15) is 0 Å². The molecule has 0 aromatic rings. The van der Waals surface area contributed by atoms with E-state index in [-0.39, 0.29) is 24.0 Å². The topological polar surface area (TPSA) is 66.0 Å². The van der Waals surface area contributed by atoms with Crippen molar-refractivity contribution in [2.75, 3.05) is 0 Å². The lowest BCUT2D eigenvalue weighted by Crippen LogP contribution is -2.71. The molecule has 5 fully saturated rings. The Balaban J connectivity index is 1.61. The van der Waals surface area contributed by atoms with Gasteiger partial charge in [-0.05, 0) is 44.4 Å². The Hall–Kier alpha value is -0.690. The third-order valence-corrected chi connectivity index (χ3v) is 7.22. The Kier molecular flexibility index (Phi) is 4.83. The van der Waals surface area contributed by atoms with Gasteiger partial charge in [0.05, 0.1) is 0 Å².